The molecule has 4 rings (SSSR count). The van der Waals surface area contributed by atoms with Crippen molar-refractivity contribution in [2.24, 2.45) is 11.8 Å². The fourth-order valence-corrected chi connectivity index (χ4v) is 6.70. The summed E-state index contributed by atoms with van der Waals surface area (Å²) in [7, 11) is 0. The van der Waals surface area contributed by atoms with Gasteiger partial charge in [-0.25, -0.2) is 0 Å². The van der Waals surface area contributed by atoms with Gasteiger partial charge >= 0.3 is 0 Å². The molecule has 0 heterocycles. The molecule has 0 amide bonds. The fourth-order valence-electron chi connectivity index (χ4n) is 6.70. The van der Waals surface area contributed by atoms with E-state index in [4.69, 9.17) is 4.74 Å². The zero-order chi connectivity index (χ0) is 28.5. The molecule has 0 aromatic heterocycles. The number of hydrogen-bond acceptors (Lipinski definition) is 1. The first-order chi connectivity index (χ1) is 20.2. The zero-order valence-electron chi connectivity index (χ0n) is 26.5. The third-order valence-corrected chi connectivity index (χ3v) is 9.85. The van der Waals surface area contributed by atoms with Gasteiger partial charge in [-0.1, -0.05) is 85.7 Å². The van der Waals surface area contributed by atoms with Gasteiger partial charge < -0.3 is 4.74 Å². The van der Waals surface area contributed by atoms with Crippen LogP contribution in [-0.2, 0) is 30.4 Å². The lowest BCUT2D eigenvalue weighted by Crippen LogP contribution is -2.08. The van der Waals surface area contributed by atoms with Crippen molar-refractivity contribution in [3.8, 4) is 0 Å². The summed E-state index contributed by atoms with van der Waals surface area (Å²) in [6.45, 7) is 6.35. The second-order valence-corrected chi connectivity index (χ2v) is 12.9. The van der Waals surface area contributed by atoms with Crippen LogP contribution in [0.4, 0.5) is 0 Å². The largest absolute Gasteiger partial charge is 0.381 e. The van der Waals surface area contributed by atoms with Crippen molar-refractivity contribution in [2.75, 3.05) is 13.2 Å². The molecule has 2 aromatic rings. The minimum atomic E-state index is 0.882. The zero-order valence-corrected chi connectivity index (χ0v) is 26.5. The Labute approximate surface area is 252 Å². The molecule has 0 saturated heterocycles. The Hall–Kier alpha value is -2.12. The summed E-state index contributed by atoms with van der Waals surface area (Å²) >= 11 is 0. The van der Waals surface area contributed by atoms with Crippen LogP contribution in [0, 0.1) is 11.8 Å². The van der Waals surface area contributed by atoms with E-state index in [1.54, 1.807) is 11.1 Å². The van der Waals surface area contributed by atoms with E-state index in [2.05, 4.69) is 74.5 Å². The number of benzene rings is 2. The predicted molar refractivity (Wildman–Crippen MR) is 178 cm³/mol. The normalized spacial score (nSPS) is 19.2. The van der Waals surface area contributed by atoms with Crippen LogP contribution >= 0.6 is 0 Å². The van der Waals surface area contributed by atoms with Crippen molar-refractivity contribution in [1.29, 1.82) is 0 Å². The van der Waals surface area contributed by atoms with Crippen LogP contribution in [0.2, 0.25) is 0 Å². The first kappa shape index (κ1) is 31.8. The van der Waals surface area contributed by atoms with Crippen molar-refractivity contribution < 1.29 is 4.74 Å². The molecule has 0 fully saturated rings. The summed E-state index contributed by atoms with van der Waals surface area (Å²) in [5.74, 6) is 1.76. The molecule has 0 bridgehead atoms. The highest BCUT2D eigenvalue weighted by Gasteiger charge is 2.15. The van der Waals surface area contributed by atoms with Gasteiger partial charge in [0.2, 0.25) is 0 Å². The van der Waals surface area contributed by atoms with Crippen LogP contribution in [0.3, 0.4) is 0 Å². The van der Waals surface area contributed by atoms with E-state index in [1.807, 2.05) is 0 Å². The van der Waals surface area contributed by atoms with E-state index in [9.17, 15) is 0 Å². The number of rotatable bonds is 18. The second-order valence-electron chi connectivity index (χ2n) is 12.9. The van der Waals surface area contributed by atoms with Gasteiger partial charge in [0, 0.05) is 13.2 Å². The Morgan fingerprint density at radius 2 is 0.951 bits per heavy atom. The summed E-state index contributed by atoms with van der Waals surface area (Å²) in [6.07, 6.45) is 28.2. The Morgan fingerprint density at radius 3 is 1.32 bits per heavy atom. The monoisotopic (exact) mass is 554 g/mol. The number of aryl methyl sites for hydroxylation is 4. The fraction of sp³-hybridized carbons (Fsp3) is 0.600. The van der Waals surface area contributed by atoms with Gasteiger partial charge in [-0.05, 0) is 150 Å². The van der Waals surface area contributed by atoms with Crippen molar-refractivity contribution in [3.63, 3.8) is 0 Å². The number of ether oxygens (including phenoxy) is 1. The van der Waals surface area contributed by atoms with E-state index in [0.29, 0.717) is 0 Å². The lowest BCUT2D eigenvalue weighted by molar-refractivity contribution is 0.126. The van der Waals surface area contributed by atoms with E-state index in [0.717, 1.165) is 37.9 Å². The van der Waals surface area contributed by atoms with Crippen LogP contribution in [0.5, 0.6) is 0 Å². The Morgan fingerprint density at radius 1 is 0.537 bits per heavy atom. The van der Waals surface area contributed by atoms with Crippen LogP contribution in [0.15, 0.2) is 71.8 Å². The van der Waals surface area contributed by atoms with Crippen LogP contribution < -0.4 is 0 Å². The number of allylic oxidation sites excluding steroid dienone is 4. The highest BCUT2D eigenvalue weighted by atomic mass is 16.5. The molecule has 2 aliphatic rings. The SMILES string of the molecule is CCc1ccc(CCC2CC=C(CCCCOCCCCC3=CCC(CCc4ccc(CC)cc4)CC3)CC2)cc1. The van der Waals surface area contributed by atoms with Crippen molar-refractivity contribution in [3.05, 3.63) is 94.1 Å². The minimum Gasteiger partial charge on any atom is -0.381 e. The highest BCUT2D eigenvalue weighted by molar-refractivity contribution is 5.23. The van der Waals surface area contributed by atoms with Gasteiger partial charge in [0.05, 0.1) is 0 Å². The van der Waals surface area contributed by atoms with Gasteiger partial charge in [-0.3, -0.25) is 0 Å². The van der Waals surface area contributed by atoms with E-state index in [1.165, 1.54) is 125 Å². The standard InChI is InChI=1S/C40H58O/c1-3-33-11-15-37(16-12-33)27-29-39-23-19-35(20-24-39)9-5-7-31-41-32-8-6-10-36-21-25-40(26-22-36)30-28-38-17-13-34(4-2)14-18-38/h11-19,21,39-40H,3-10,20,22-32H2,1-2H3. The van der Waals surface area contributed by atoms with Crippen molar-refractivity contribution in [1.82, 2.24) is 0 Å². The molecule has 0 spiro atoms. The molecule has 0 N–H and O–H groups in total. The topological polar surface area (TPSA) is 9.23 Å². The van der Waals surface area contributed by atoms with Gasteiger partial charge in [0.25, 0.3) is 0 Å². The molecule has 2 unspecified atom stereocenters. The summed E-state index contributed by atoms with van der Waals surface area (Å²) in [4.78, 5) is 0. The number of hydrogen-bond donors (Lipinski definition) is 0. The molecule has 2 aromatic carbocycles. The maximum Gasteiger partial charge on any atom is 0.0466 e. The van der Waals surface area contributed by atoms with Crippen LogP contribution in [0.1, 0.15) is 126 Å². The van der Waals surface area contributed by atoms with Crippen molar-refractivity contribution in [2.45, 2.75) is 129 Å². The third-order valence-electron chi connectivity index (χ3n) is 9.85. The quantitative estimate of drug-likeness (QED) is 0.131. The minimum absolute atomic E-state index is 0.882. The summed E-state index contributed by atoms with van der Waals surface area (Å²) in [5.41, 5.74) is 9.34. The average molecular weight is 555 g/mol. The lowest BCUT2D eigenvalue weighted by atomic mass is 9.84. The predicted octanol–water partition coefficient (Wildman–Crippen LogP) is 11.2. The van der Waals surface area contributed by atoms with Gasteiger partial charge in [0.1, 0.15) is 0 Å². The Balaban J connectivity index is 0.954. The molecule has 0 saturated carbocycles. The van der Waals surface area contributed by atoms with Gasteiger partial charge in [-0.2, -0.15) is 0 Å². The summed E-state index contributed by atoms with van der Waals surface area (Å²) in [6, 6.07) is 18.6. The third kappa shape index (κ3) is 12.0. The molecule has 224 valence electrons. The summed E-state index contributed by atoms with van der Waals surface area (Å²) in [5, 5.41) is 0. The van der Waals surface area contributed by atoms with Gasteiger partial charge in [0.15, 0.2) is 0 Å². The molecular weight excluding hydrogens is 496 g/mol. The molecular formula is C40H58O. The molecule has 1 nitrogen and oxygen atoms in total. The maximum absolute atomic E-state index is 5.98. The van der Waals surface area contributed by atoms with E-state index >= 15 is 0 Å². The molecule has 0 radical (unpaired) electrons. The van der Waals surface area contributed by atoms with Crippen LogP contribution in [-0.4, -0.2) is 13.2 Å². The first-order valence-electron chi connectivity index (χ1n) is 17.3. The average Bonchev–Trinajstić information content (AvgIpc) is 3.03. The highest BCUT2D eigenvalue weighted by Crippen LogP contribution is 2.31. The maximum atomic E-state index is 5.98. The Kier molecular flexibility index (Phi) is 14.3. The van der Waals surface area contributed by atoms with Crippen LogP contribution in [0.25, 0.3) is 0 Å². The van der Waals surface area contributed by atoms with Gasteiger partial charge in [-0.15, -0.1) is 0 Å². The molecule has 1 heteroatoms. The lowest BCUT2D eigenvalue weighted by Gasteiger charge is -2.22. The van der Waals surface area contributed by atoms with E-state index < -0.39 is 0 Å². The molecule has 41 heavy (non-hydrogen) atoms. The Bertz CT molecular complexity index is 956. The number of unbranched alkanes of at least 4 members (excludes halogenated alkanes) is 2. The van der Waals surface area contributed by atoms with E-state index in [-0.39, 0.29) is 0 Å². The van der Waals surface area contributed by atoms with Crippen molar-refractivity contribution >= 4 is 0 Å². The first-order valence-corrected chi connectivity index (χ1v) is 17.3. The smallest absolute Gasteiger partial charge is 0.0466 e. The molecule has 2 aliphatic carbocycles. The second kappa shape index (κ2) is 18.4. The molecule has 2 atom stereocenters. The summed E-state index contributed by atoms with van der Waals surface area (Å²) < 4.78 is 5.98. The molecule has 0 aliphatic heterocycles.